The normalized spacial score (nSPS) is 16.4. The summed E-state index contributed by atoms with van der Waals surface area (Å²) in [5, 5.41) is 7.66. The summed E-state index contributed by atoms with van der Waals surface area (Å²) in [6, 6.07) is 0. The number of rotatable bonds is 6. The minimum Gasteiger partial charge on any atom is -0.381 e. The van der Waals surface area contributed by atoms with Gasteiger partial charge in [0, 0.05) is 19.6 Å². The molecule has 1 aliphatic heterocycles. The Morgan fingerprint density at radius 1 is 1.33 bits per heavy atom. The molecule has 118 valence electrons. The SMILES string of the molecule is CC(C)Cn1ncc(NCCN2CCCCC2)c(Cl)c1=O. The first-order chi connectivity index (χ1) is 10.1. The number of hydrogen-bond donors (Lipinski definition) is 1. The second kappa shape index (κ2) is 7.80. The summed E-state index contributed by atoms with van der Waals surface area (Å²) in [5.74, 6) is 0.365. The summed E-state index contributed by atoms with van der Waals surface area (Å²) in [7, 11) is 0. The minimum absolute atomic E-state index is 0.215. The van der Waals surface area contributed by atoms with E-state index >= 15 is 0 Å². The van der Waals surface area contributed by atoms with Gasteiger partial charge in [-0.3, -0.25) is 4.79 Å². The maximum Gasteiger partial charge on any atom is 0.287 e. The number of halogens is 1. The summed E-state index contributed by atoms with van der Waals surface area (Å²) in [6.45, 7) is 8.79. The van der Waals surface area contributed by atoms with E-state index in [4.69, 9.17) is 11.6 Å². The molecular formula is C15H25ClN4O. The van der Waals surface area contributed by atoms with E-state index in [1.807, 2.05) is 13.8 Å². The van der Waals surface area contributed by atoms with Gasteiger partial charge in [-0.15, -0.1) is 0 Å². The first-order valence-electron chi connectivity index (χ1n) is 7.80. The molecule has 1 aromatic heterocycles. The van der Waals surface area contributed by atoms with Crippen molar-refractivity contribution in [3.63, 3.8) is 0 Å². The van der Waals surface area contributed by atoms with Gasteiger partial charge in [0.25, 0.3) is 5.56 Å². The van der Waals surface area contributed by atoms with Crippen LogP contribution >= 0.6 is 11.6 Å². The number of likely N-dealkylation sites (tertiary alicyclic amines) is 1. The Bertz CT molecular complexity index is 509. The molecule has 0 unspecified atom stereocenters. The van der Waals surface area contributed by atoms with Crippen LogP contribution in [0.3, 0.4) is 0 Å². The second-order valence-corrected chi connectivity index (χ2v) is 6.46. The van der Waals surface area contributed by atoms with Crippen LogP contribution in [0.25, 0.3) is 0 Å². The van der Waals surface area contributed by atoms with Crippen molar-refractivity contribution in [3.05, 3.63) is 21.6 Å². The molecule has 0 saturated carbocycles. The van der Waals surface area contributed by atoms with Crippen LogP contribution in [0.5, 0.6) is 0 Å². The molecule has 2 heterocycles. The fourth-order valence-corrected chi connectivity index (χ4v) is 2.81. The van der Waals surface area contributed by atoms with Gasteiger partial charge in [0.15, 0.2) is 0 Å². The van der Waals surface area contributed by atoms with Crippen molar-refractivity contribution < 1.29 is 0 Å². The molecule has 21 heavy (non-hydrogen) atoms. The lowest BCUT2D eigenvalue weighted by atomic mass is 10.1. The van der Waals surface area contributed by atoms with Gasteiger partial charge < -0.3 is 10.2 Å². The van der Waals surface area contributed by atoms with Gasteiger partial charge in [-0.2, -0.15) is 5.10 Å². The standard InChI is InChI=1S/C15H25ClN4O/c1-12(2)11-20-15(21)14(16)13(10-18-20)17-6-9-19-7-4-3-5-8-19/h10,12,17H,3-9,11H2,1-2H3. The average Bonchev–Trinajstić information content (AvgIpc) is 2.47. The van der Waals surface area contributed by atoms with Gasteiger partial charge in [-0.05, 0) is 31.8 Å². The third kappa shape index (κ3) is 4.71. The second-order valence-electron chi connectivity index (χ2n) is 6.08. The molecule has 0 atom stereocenters. The number of anilines is 1. The van der Waals surface area contributed by atoms with E-state index in [2.05, 4.69) is 15.3 Å². The lowest BCUT2D eigenvalue weighted by Gasteiger charge is -2.26. The Hall–Kier alpha value is -1.07. The summed E-state index contributed by atoms with van der Waals surface area (Å²) in [4.78, 5) is 14.6. The number of aromatic nitrogens is 2. The van der Waals surface area contributed by atoms with E-state index in [0.717, 1.165) is 13.1 Å². The lowest BCUT2D eigenvalue weighted by molar-refractivity contribution is 0.237. The highest BCUT2D eigenvalue weighted by Gasteiger charge is 2.12. The van der Waals surface area contributed by atoms with Crippen molar-refractivity contribution in [2.24, 2.45) is 5.92 Å². The monoisotopic (exact) mass is 312 g/mol. The molecule has 1 fully saturated rings. The molecule has 0 bridgehead atoms. The van der Waals surface area contributed by atoms with Crippen LogP contribution in [0.2, 0.25) is 5.02 Å². The zero-order valence-corrected chi connectivity index (χ0v) is 13.7. The Kier molecular flexibility index (Phi) is 6.06. The highest BCUT2D eigenvalue weighted by atomic mass is 35.5. The van der Waals surface area contributed by atoms with Crippen LogP contribution in [0.15, 0.2) is 11.0 Å². The highest BCUT2D eigenvalue weighted by Crippen LogP contribution is 2.15. The van der Waals surface area contributed by atoms with Gasteiger partial charge in [-0.25, -0.2) is 4.68 Å². The lowest BCUT2D eigenvalue weighted by Crippen LogP contribution is -2.34. The zero-order chi connectivity index (χ0) is 15.2. The van der Waals surface area contributed by atoms with E-state index in [0.29, 0.717) is 18.2 Å². The summed E-state index contributed by atoms with van der Waals surface area (Å²) >= 11 is 6.15. The van der Waals surface area contributed by atoms with Crippen LogP contribution in [-0.2, 0) is 6.54 Å². The zero-order valence-electron chi connectivity index (χ0n) is 12.9. The van der Waals surface area contributed by atoms with Crippen molar-refractivity contribution in [2.75, 3.05) is 31.5 Å². The Morgan fingerprint density at radius 2 is 2.05 bits per heavy atom. The van der Waals surface area contributed by atoms with Crippen molar-refractivity contribution >= 4 is 17.3 Å². The molecular weight excluding hydrogens is 288 g/mol. The maximum absolute atomic E-state index is 12.1. The molecule has 2 rings (SSSR count). The van der Waals surface area contributed by atoms with Gasteiger partial charge in [-0.1, -0.05) is 31.9 Å². The third-order valence-electron chi connectivity index (χ3n) is 3.72. The van der Waals surface area contributed by atoms with Gasteiger partial charge in [0.05, 0.1) is 11.9 Å². The minimum atomic E-state index is -0.215. The van der Waals surface area contributed by atoms with Gasteiger partial charge in [0.2, 0.25) is 0 Å². The Balaban J connectivity index is 1.91. The molecule has 5 nitrogen and oxygen atoms in total. The van der Waals surface area contributed by atoms with Crippen molar-refractivity contribution in [2.45, 2.75) is 39.7 Å². The average molecular weight is 313 g/mol. The Morgan fingerprint density at radius 3 is 2.71 bits per heavy atom. The molecule has 0 amide bonds. The van der Waals surface area contributed by atoms with Crippen LogP contribution < -0.4 is 10.9 Å². The molecule has 1 saturated heterocycles. The highest BCUT2D eigenvalue weighted by molar-refractivity contribution is 6.32. The molecule has 6 heteroatoms. The van der Waals surface area contributed by atoms with Crippen LogP contribution in [0, 0.1) is 5.92 Å². The fraction of sp³-hybridized carbons (Fsp3) is 0.733. The molecule has 0 radical (unpaired) electrons. The van der Waals surface area contributed by atoms with E-state index in [9.17, 15) is 4.79 Å². The summed E-state index contributed by atoms with van der Waals surface area (Å²) in [6.07, 6.45) is 5.57. The molecule has 1 N–H and O–H groups in total. The number of piperidine rings is 1. The topological polar surface area (TPSA) is 50.2 Å². The quantitative estimate of drug-likeness (QED) is 0.876. The van der Waals surface area contributed by atoms with Gasteiger partial charge in [0.1, 0.15) is 5.02 Å². The first kappa shape index (κ1) is 16.3. The van der Waals surface area contributed by atoms with Crippen molar-refractivity contribution in [1.82, 2.24) is 14.7 Å². The fourth-order valence-electron chi connectivity index (χ4n) is 2.60. The van der Waals surface area contributed by atoms with Crippen LogP contribution in [-0.4, -0.2) is 40.9 Å². The number of hydrogen-bond acceptors (Lipinski definition) is 4. The Labute approximate surface area is 131 Å². The molecule has 0 aromatic carbocycles. The van der Waals surface area contributed by atoms with Crippen molar-refractivity contribution in [3.8, 4) is 0 Å². The first-order valence-corrected chi connectivity index (χ1v) is 8.17. The van der Waals surface area contributed by atoms with E-state index in [1.54, 1.807) is 6.20 Å². The number of nitrogens with one attached hydrogen (secondary N) is 1. The van der Waals surface area contributed by atoms with E-state index in [1.165, 1.54) is 37.0 Å². The van der Waals surface area contributed by atoms with E-state index < -0.39 is 0 Å². The molecule has 0 spiro atoms. The van der Waals surface area contributed by atoms with Crippen LogP contribution in [0.1, 0.15) is 33.1 Å². The predicted molar refractivity (Wildman–Crippen MR) is 87.1 cm³/mol. The number of nitrogens with zero attached hydrogens (tertiary/aromatic N) is 3. The van der Waals surface area contributed by atoms with E-state index in [-0.39, 0.29) is 10.6 Å². The van der Waals surface area contributed by atoms with Crippen molar-refractivity contribution in [1.29, 1.82) is 0 Å². The maximum atomic E-state index is 12.1. The largest absolute Gasteiger partial charge is 0.381 e. The molecule has 0 aliphatic carbocycles. The smallest absolute Gasteiger partial charge is 0.287 e. The van der Waals surface area contributed by atoms with Gasteiger partial charge >= 0.3 is 0 Å². The molecule has 1 aliphatic rings. The summed E-state index contributed by atoms with van der Waals surface area (Å²) in [5.41, 5.74) is 0.423. The molecule has 1 aromatic rings. The summed E-state index contributed by atoms with van der Waals surface area (Å²) < 4.78 is 1.43. The van der Waals surface area contributed by atoms with Crippen LogP contribution in [0.4, 0.5) is 5.69 Å². The predicted octanol–water partition coefficient (Wildman–Crippen LogP) is 2.45. The third-order valence-corrected chi connectivity index (χ3v) is 4.08.